The predicted octanol–water partition coefficient (Wildman–Crippen LogP) is 2.49. The Kier molecular flexibility index (Phi) is 7.29. The predicted molar refractivity (Wildman–Crippen MR) is 121 cm³/mol. The molecule has 5 heterocycles. The summed E-state index contributed by atoms with van der Waals surface area (Å²) in [6, 6.07) is 8.73. The van der Waals surface area contributed by atoms with Crippen molar-refractivity contribution in [2.75, 3.05) is 26.2 Å². The highest BCUT2D eigenvalue weighted by atomic mass is 35.5. The molecule has 4 N–H and O–H groups in total. The van der Waals surface area contributed by atoms with Crippen LogP contribution in [-0.4, -0.2) is 58.1 Å². The molecule has 1 unspecified atom stereocenters. The molecule has 4 aliphatic heterocycles. The van der Waals surface area contributed by atoms with Crippen molar-refractivity contribution in [2.45, 2.75) is 37.8 Å². The van der Waals surface area contributed by atoms with Crippen molar-refractivity contribution >= 4 is 41.6 Å². The lowest BCUT2D eigenvalue weighted by Gasteiger charge is -2.50. The monoisotopic (exact) mass is 443 g/mol. The first-order valence-corrected chi connectivity index (χ1v) is 9.85. The third kappa shape index (κ3) is 3.89. The zero-order valence-corrected chi connectivity index (χ0v) is 18.1. The van der Waals surface area contributed by atoms with Gasteiger partial charge in [0.2, 0.25) is 5.90 Å². The van der Waals surface area contributed by atoms with Crippen molar-refractivity contribution in [3.63, 3.8) is 0 Å². The third-order valence-corrected chi connectivity index (χ3v) is 6.78. The van der Waals surface area contributed by atoms with E-state index in [-0.39, 0.29) is 41.4 Å². The van der Waals surface area contributed by atoms with Gasteiger partial charge in [-0.3, -0.25) is 4.90 Å². The number of aromatic nitrogens is 1. The Balaban J connectivity index is 0.000000750. The van der Waals surface area contributed by atoms with Crippen molar-refractivity contribution in [3.05, 3.63) is 36.0 Å². The molecule has 8 heteroatoms. The van der Waals surface area contributed by atoms with Crippen LogP contribution in [0.15, 0.2) is 35.5 Å². The molecule has 0 radical (unpaired) electrons. The molecule has 3 saturated heterocycles. The van der Waals surface area contributed by atoms with E-state index in [1.54, 1.807) is 0 Å². The number of rotatable bonds is 3. The van der Waals surface area contributed by atoms with Gasteiger partial charge in [0.05, 0.1) is 12.1 Å². The molecule has 1 aromatic carbocycles. The second-order valence-corrected chi connectivity index (χ2v) is 8.49. The van der Waals surface area contributed by atoms with Crippen LogP contribution in [0.25, 0.3) is 10.9 Å². The highest BCUT2D eigenvalue weighted by molar-refractivity contribution is 6.07. The van der Waals surface area contributed by atoms with Crippen LogP contribution >= 0.6 is 24.8 Å². The normalized spacial score (nSPS) is 29.2. The summed E-state index contributed by atoms with van der Waals surface area (Å²) in [4.78, 5) is 7.48. The zero-order chi connectivity index (χ0) is 16.4. The van der Waals surface area contributed by atoms with Crippen LogP contribution in [0.4, 0.5) is 0 Å². The SMILES string of the molecule is Cl.Cl.O.O.c1ccc2c(c1)c(C1=NCC3(CN4CCC3CC4)O1)cn2CC1CC1. The average Bonchev–Trinajstić information content (AvgIpc) is 3.28. The number of aliphatic imine (C=N–C) groups is 1. The number of nitrogens with zero attached hydrogens (tertiary/aromatic N) is 3. The molecular weight excluding hydrogens is 413 g/mol. The fourth-order valence-corrected chi connectivity index (χ4v) is 5.17. The molecular formula is C21H31Cl2N3O3. The van der Waals surface area contributed by atoms with Gasteiger partial charge in [-0.25, -0.2) is 4.99 Å². The van der Waals surface area contributed by atoms with Gasteiger partial charge in [0.1, 0.15) is 5.60 Å². The Morgan fingerprint density at radius 1 is 1.03 bits per heavy atom. The highest BCUT2D eigenvalue weighted by Gasteiger charge is 2.51. The van der Waals surface area contributed by atoms with Crippen LogP contribution in [0.5, 0.6) is 0 Å². The van der Waals surface area contributed by atoms with E-state index >= 15 is 0 Å². The maximum Gasteiger partial charge on any atom is 0.219 e. The van der Waals surface area contributed by atoms with Gasteiger partial charge < -0.3 is 20.3 Å². The van der Waals surface area contributed by atoms with Crippen molar-refractivity contribution in [3.8, 4) is 0 Å². The Labute approximate surface area is 183 Å². The molecule has 162 valence electrons. The lowest BCUT2D eigenvalue weighted by molar-refractivity contribution is -0.0825. The Morgan fingerprint density at radius 3 is 2.41 bits per heavy atom. The second-order valence-electron chi connectivity index (χ2n) is 8.49. The summed E-state index contributed by atoms with van der Waals surface area (Å²) in [6.07, 6.45) is 7.58. The van der Waals surface area contributed by atoms with Crippen LogP contribution in [0.2, 0.25) is 0 Å². The van der Waals surface area contributed by atoms with Crippen LogP contribution < -0.4 is 0 Å². The van der Waals surface area contributed by atoms with Crippen molar-refractivity contribution in [1.29, 1.82) is 0 Å². The number of hydrogen-bond acceptors (Lipinski definition) is 3. The van der Waals surface area contributed by atoms with E-state index in [0.29, 0.717) is 5.92 Å². The summed E-state index contributed by atoms with van der Waals surface area (Å²) >= 11 is 0. The molecule has 1 saturated carbocycles. The van der Waals surface area contributed by atoms with Crippen molar-refractivity contribution < 1.29 is 15.7 Å². The summed E-state index contributed by atoms with van der Waals surface area (Å²) in [6.45, 7) is 5.52. The Morgan fingerprint density at radius 2 is 1.76 bits per heavy atom. The summed E-state index contributed by atoms with van der Waals surface area (Å²) in [5.74, 6) is 2.43. The molecule has 1 aromatic heterocycles. The van der Waals surface area contributed by atoms with E-state index in [2.05, 4.69) is 39.9 Å². The van der Waals surface area contributed by atoms with Gasteiger partial charge in [-0.2, -0.15) is 0 Å². The molecule has 0 amide bonds. The first-order valence-electron chi connectivity index (χ1n) is 9.85. The average molecular weight is 444 g/mol. The van der Waals surface area contributed by atoms with E-state index < -0.39 is 0 Å². The number of piperidine rings is 3. The fraction of sp³-hybridized carbons (Fsp3) is 0.571. The minimum Gasteiger partial charge on any atom is -0.467 e. The molecule has 29 heavy (non-hydrogen) atoms. The van der Waals surface area contributed by atoms with Crippen LogP contribution in [0.3, 0.4) is 0 Å². The summed E-state index contributed by atoms with van der Waals surface area (Å²) in [5, 5.41) is 1.29. The van der Waals surface area contributed by atoms with E-state index in [4.69, 9.17) is 9.73 Å². The second kappa shape index (κ2) is 8.82. The lowest BCUT2D eigenvalue weighted by atomic mass is 9.75. The molecule has 4 fully saturated rings. The van der Waals surface area contributed by atoms with E-state index in [0.717, 1.165) is 31.4 Å². The summed E-state index contributed by atoms with van der Waals surface area (Å²) < 4.78 is 9.07. The summed E-state index contributed by atoms with van der Waals surface area (Å²) in [5.41, 5.74) is 2.47. The lowest BCUT2D eigenvalue weighted by Crippen LogP contribution is -2.60. The van der Waals surface area contributed by atoms with Gasteiger partial charge in [-0.15, -0.1) is 24.8 Å². The molecule has 6 nitrogen and oxygen atoms in total. The standard InChI is InChI=1S/C21H25N3O.2ClH.2H2O/c1-2-4-19-17(3-1)18(12-24(19)11-15-5-6-15)20-22-13-21(25-20)14-23-9-7-16(21)8-10-23;;;;/h1-4,12,15-16H,5-11,13-14H2;2*1H;2*1H2. The minimum absolute atomic E-state index is 0. The number of hydrogen-bond donors (Lipinski definition) is 0. The first kappa shape index (κ1) is 24.0. The minimum atomic E-state index is -0.0501. The van der Waals surface area contributed by atoms with Crippen LogP contribution in [-0.2, 0) is 11.3 Å². The number of ether oxygens (including phenoxy) is 1. The molecule has 2 aromatic rings. The number of benzene rings is 1. The number of halogens is 2. The molecule has 1 aliphatic carbocycles. The van der Waals surface area contributed by atoms with Gasteiger partial charge in [0.15, 0.2) is 0 Å². The Hall–Kier alpha value is -1.31. The first-order chi connectivity index (χ1) is 12.3. The summed E-state index contributed by atoms with van der Waals surface area (Å²) in [7, 11) is 0. The number of para-hydroxylation sites is 1. The maximum atomic E-state index is 6.65. The molecule has 1 spiro atoms. The topological polar surface area (TPSA) is 92.8 Å². The Bertz CT molecular complexity index is 875. The third-order valence-electron chi connectivity index (χ3n) is 6.78. The van der Waals surface area contributed by atoms with Gasteiger partial charge in [0, 0.05) is 36.1 Å². The van der Waals surface area contributed by atoms with Crippen LogP contribution in [0, 0.1) is 11.8 Å². The smallest absolute Gasteiger partial charge is 0.219 e. The van der Waals surface area contributed by atoms with E-state index in [9.17, 15) is 0 Å². The quantitative estimate of drug-likeness (QED) is 0.728. The van der Waals surface area contributed by atoms with Gasteiger partial charge >= 0.3 is 0 Å². The molecule has 7 rings (SSSR count). The number of fused-ring (bicyclic) bond motifs is 3. The van der Waals surface area contributed by atoms with Crippen molar-refractivity contribution in [1.82, 2.24) is 9.47 Å². The van der Waals surface area contributed by atoms with E-state index in [1.807, 2.05) is 0 Å². The van der Waals surface area contributed by atoms with Gasteiger partial charge in [-0.05, 0) is 50.8 Å². The van der Waals surface area contributed by atoms with Gasteiger partial charge in [-0.1, -0.05) is 18.2 Å². The maximum absolute atomic E-state index is 6.65. The van der Waals surface area contributed by atoms with Crippen LogP contribution in [0.1, 0.15) is 31.2 Å². The highest BCUT2D eigenvalue weighted by Crippen LogP contribution is 2.42. The fourth-order valence-electron chi connectivity index (χ4n) is 5.17. The van der Waals surface area contributed by atoms with E-state index in [1.165, 1.54) is 55.2 Å². The molecule has 5 aliphatic rings. The molecule has 1 atom stereocenters. The molecule has 2 bridgehead atoms. The largest absolute Gasteiger partial charge is 0.467 e. The van der Waals surface area contributed by atoms with Crippen molar-refractivity contribution in [2.24, 2.45) is 16.8 Å². The zero-order valence-electron chi connectivity index (χ0n) is 16.5. The van der Waals surface area contributed by atoms with Gasteiger partial charge in [0.25, 0.3) is 0 Å².